The van der Waals surface area contributed by atoms with Crippen molar-refractivity contribution in [3.05, 3.63) is 42.0 Å². The van der Waals surface area contributed by atoms with Gasteiger partial charge in [-0.3, -0.25) is 0 Å². The van der Waals surface area contributed by atoms with Crippen molar-refractivity contribution in [1.29, 1.82) is 0 Å². The zero-order valence-electron chi connectivity index (χ0n) is 9.38. The second kappa shape index (κ2) is 7.70. The van der Waals surface area contributed by atoms with Crippen LogP contribution in [0.3, 0.4) is 0 Å². The fraction of sp³-hybridized carbons (Fsp3) is 0.429. The molecule has 82 valence electrons. The minimum atomic E-state index is 1.05. The lowest BCUT2D eigenvalue weighted by Gasteiger charge is -2.07. The highest BCUT2D eigenvalue weighted by Gasteiger charge is 1.99. The first-order valence-electron chi connectivity index (χ1n) is 5.69. The average molecular weight is 267 g/mol. The Bertz CT molecular complexity index is 287. The van der Waals surface area contributed by atoms with E-state index in [9.17, 15) is 0 Å². The van der Waals surface area contributed by atoms with Gasteiger partial charge in [0.2, 0.25) is 0 Å². The quantitative estimate of drug-likeness (QED) is 0.633. The summed E-state index contributed by atoms with van der Waals surface area (Å²) in [7, 11) is 0. The van der Waals surface area contributed by atoms with E-state index in [0.717, 1.165) is 11.8 Å². The van der Waals surface area contributed by atoms with Gasteiger partial charge in [0.15, 0.2) is 0 Å². The van der Waals surface area contributed by atoms with Crippen LogP contribution in [0.15, 0.2) is 36.4 Å². The van der Waals surface area contributed by atoms with Crippen LogP contribution in [0.4, 0.5) is 0 Å². The van der Waals surface area contributed by atoms with Gasteiger partial charge in [-0.1, -0.05) is 65.7 Å². The molecule has 1 aromatic rings. The average Bonchev–Trinajstić information content (AvgIpc) is 2.30. The van der Waals surface area contributed by atoms with Gasteiger partial charge in [0.25, 0.3) is 0 Å². The lowest BCUT2D eigenvalue weighted by molar-refractivity contribution is 0.822. The second-order valence-electron chi connectivity index (χ2n) is 3.68. The van der Waals surface area contributed by atoms with Crippen molar-refractivity contribution in [2.24, 2.45) is 0 Å². The summed E-state index contributed by atoms with van der Waals surface area (Å²) in [6.07, 6.45) is 7.22. The predicted molar refractivity (Wildman–Crippen MR) is 72.4 cm³/mol. The number of unbranched alkanes of at least 4 members (excludes halogenated alkanes) is 1. The summed E-state index contributed by atoms with van der Waals surface area (Å²) in [5.74, 6) is 0. The third-order valence-corrected chi connectivity index (χ3v) is 2.90. The smallest absolute Gasteiger partial charge is 0.00661 e. The van der Waals surface area contributed by atoms with Gasteiger partial charge < -0.3 is 0 Å². The molecule has 0 unspecified atom stereocenters. The number of hydrogen-bond acceptors (Lipinski definition) is 0. The summed E-state index contributed by atoms with van der Waals surface area (Å²) in [6.45, 7) is 2.24. The molecular weight excluding hydrogens is 248 g/mol. The molecule has 0 fully saturated rings. The number of benzene rings is 1. The van der Waals surface area contributed by atoms with E-state index in [0.29, 0.717) is 0 Å². The summed E-state index contributed by atoms with van der Waals surface area (Å²) in [6, 6.07) is 10.7. The van der Waals surface area contributed by atoms with Crippen LogP contribution >= 0.6 is 15.9 Å². The molecule has 0 atom stereocenters. The Morgan fingerprint density at radius 3 is 2.60 bits per heavy atom. The van der Waals surface area contributed by atoms with E-state index < -0.39 is 0 Å². The highest BCUT2D eigenvalue weighted by molar-refractivity contribution is 9.09. The fourth-order valence-corrected chi connectivity index (χ4v) is 1.84. The van der Waals surface area contributed by atoms with Gasteiger partial charge in [0.1, 0.15) is 0 Å². The van der Waals surface area contributed by atoms with E-state index in [2.05, 4.69) is 59.3 Å². The van der Waals surface area contributed by atoms with Gasteiger partial charge in [-0.2, -0.15) is 0 Å². The molecule has 0 spiro atoms. The van der Waals surface area contributed by atoms with Crippen LogP contribution in [0.1, 0.15) is 38.2 Å². The molecule has 1 heteroatoms. The number of rotatable bonds is 6. The summed E-state index contributed by atoms with van der Waals surface area (Å²) in [4.78, 5) is 0. The van der Waals surface area contributed by atoms with Crippen molar-refractivity contribution < 1.29 is 0 Å². The molecule has 0 bridgehead atoms. The molecule has 0 aliphatic heterocycles. The van der Waals surface area contributed by atoms with Crippen molar-refractivity contribution in [2.75, 3.05) is 5.33 Å². The Kier molecular flexibility index (Phi) is 6.42. The van der Waals surface area contributed by atoms with E-state index in [-0.39, 0.29) is 0 Å². The molecule has 0 radical (unpaired) electrons. The Morgan fingerprint density at radius 1 is 1.27 bits per heavy atom. The van der Waals surface area contributed by atoms with E-state index in [1.54, 1.807) is 0 Å². The van der Waals surface area contributed by atoms with E-state index in [1.807, 2.05) is 0 Å². The van der Waals surface area contributed by atoms with Crippen molar-refractivity contribution in [3.63, 3.8) is 0 Å². The number of hydrogen-bond donors (Lipinski definition) is 0. The van der Waals surface area contributed by atoms with Crippen LogP contribution in [0.25, 0.3) is 5.57 Å². The lowest BCUT2D eigenvalue weighted by atomic mass is 9.99. The molecule has 0 aromatic heterocycles. The lowest BCUT2D eigenvalue weighted by Crippen LogP contribution is -1.85. The molecule has 0 saturated heterocycles. The fourth-order valence-electron chi connectivity index (χ4n) is 1.61. The summed E-state index contributed by atoms with van der Waals surface area (Å²) >= 11 is 3.47. The Morgan fingerprint density at radius 2 is 2.00 bits per heavy atom. The highest BCUT2D eigenvalue weighted by atomic mass is 79.9. The molecule has 0 saturated carbocycles. The third kappa shape index (κ3) is 4.65. The standard InChI is InChI=1S/C14H19Br/c1-2-3-8-13(11-7-12-15)14-9-5-4-6-10-14/h4-6,9-11H,2-3,7-8,12H2,1H3/b13-11-. The molecule has 0 N–H and O–H groups in total. The molecule has 0 heterocycles. The normalized spacial score (nSPS) is 11.7. The molecule has 0 aliphatic carbocycles. The van der Waals surface area contributed by atoms with Crippen LogP contribution in [0, 0.1) is 0 Å². The minimum absolute atomic E-state index is 1.05. The van der Waals surface area contributed by atoms with Gasteiger partial charge in [0.05, 0.1) is 0 Å². The molecular formula is C14H19Br. The predicted octanol–water partition coefficient (Wildman–Crippen LogP) is 5.05. The summed E-state index contributed by atoms with van der Waals surface area (Å²) < 4.78 is 0. The Hall–Kier alpha value is -0.560. The van der Waals surface area contributed by atoms with E-state index in [4.69, 9.17) is 0 Å². The maximum Gasteiger partial charge on any atom is 0.00661 e. The minimum Gasteiger partial charge on any atom is -0.0925 e. The molecule has 0 amide bonds. The number of alkyl halides is 1. The first kappa shape index (κ1) is 12.5. The maximum atomic E-state index is 3.47. The second-order valence-corrected chi connectivity index (χ2v) is 4.47. The maximum absolute atomic E-state index is 3.47. The van der Waals surface area contributed by atoms with Crippen LogP contribution in [-0.2, 0) is 0 Å². The SMILES string of the molecule is CCCC/C(=C/CCBr)c1ccccc1. The Labute approximate surface area is 102 Å². The van der Waals surface area contributed by atoms with Gasteiger partial charge in [0, 0.05) is 5.33 Å². The topological polar surface area (TPSA) is 0 Å². The number of halogens is 1. The van der Waals surface area contributed by atoms with Crippen molar-refractivity contribution in [3.8, 4) is 0 Å². The van der Waals surface area contributed by atoms with Crippen LogP contribution in [-0.4, -0.2) is 5.33 Å². The van der Waals surface area contributed by atoms with Crippen LogP contribution < -0.4 is 0 Å². The zero-order chi connectivity index (χ0) is 10.9. The largest absolute Gasteiger partial charge is 0.0925 e. The molecule has 1 rings (SSSR count). The Balaban J connectivity index is 2.72. The van der Waals surface area contributed by atoms with Gasteiger partial charge >= 0.3 is 0 Å². The van der Waals surface area contributed by atoms with Gasteiger partial charge in [-0.25, -0.2) is 0 Å². The van der Waals surface area contributed by atoms with E-state index in [1.165, 1.54) is 30.4 Å². The monoisotopic (exact) mass is 266 g/mol. The van der Waals surface area contributed by atoms with Crippen LogP contribution in [0.5, 0.6) is 0 Å². The van der Waals surface area contributed by atoms with Gasteiger partial charge in [-0.05, 0) is 30.4 Å². The first-order valence-corrected chi connectivity index (χ1v) is 6.81. The van der Waals surface area contributed by atoms with E-state index >= 15 is 0 Å². The molecule has 1 aromatic carbocycles. The van der Waals surface area contributed by atoms with Crippen molar-refractivity contribution >= 4 is 21.5 Å². The number of allylic oxidation sites excluding steroid dienone is 2. The van der Waals surface area contributed by atoms with Crippen LogP contribution in [0.2, 0.25) is 0 Å². The molecule has 0 aliphatic rings. The van der Waals surface area contributed by atoms with Crippen molar-refractivity contribution in [2.45, 2.75) is 32.6 Å². The summed E-state index contributed by atoms with van der Waals surface area (Å²) in [5.41, 5.74) is 2.88. The highest BCUT2D eigenvalue weighted by Crippen LogP contribution is 2.21. The summed E-state index contributed by atoms with van der Waals surface area (Å²) in [5, 5.41) is 1.05. The third-order valence-electron chi connectivity index (χ3n) is 2.44. The molecule has 0 nitrogen and oxygen atoms in total. The first-order chi connectivity index (χ1) is 7.38. The molecule has 15 heavy (non-hydrogen) atoms. The zero-order valence-corrected chi connectivity index (χ0v) is 11.0. The van der Waals surface area contributed by atoms with Crippen molar-refractivity contribution in [1.82, 2.24) is 0 Å². The van der Waals surface area contributed by atoms with Gasteiger partial charge in [-0.15, -0.1) is 0 Å².